The summed E-state index contributed by atoms with van der Waals surface area (Å²) in [5.41, 5.74) is 9.71. The third kappa shape index (κ3) is 6.32. The number of hydrogen-bond acceptors (Lipinski definition) is 3. The Balaban J connectivity index is 1.04. The quantitative estimate of drug-likeness (QED) is 0.155. The van der Waals surface area contributed by atoms with Gasteiger partial charge in [-0.1, -0.05) is 224 Å². The molecule has 69 heavy (non-hydrogen) atoms. The molecule has 0 aliphatic heterocycles. The second-order valence-electron chi connectivity index (χ2n) is 17.4. The van der Waals surface area contributed by atoms with E-state index in [2.05, 4.69) is 181 Å². The maximum atomic E-state index is 9.34. The van der Waals surface area contributed by atoms with Crippen LogP contribution in [0.15, 0.2) is 243 Å². The van der Waals surface area contributed by atoms with Crippen LogP contribution >= 0.6 is 11.3 Å². The first kappa shape index (κ1) is 32.8. The molecule has 0 aliphatic rings. The van der Waals surface area contributed by atoms with E-state index in [0.29, 0.717) is 5.56 Å². The number of aromatic nitrogens is 2. The molecule has 3 aromatic heterocycles. The maximum absolute atomic E-state index is 9.34. The predicted molar refractivity (Wildman–Crippen MR) is 295 cm³/mol. The predicted octanol–water partition coefficient (Wildman–Crippen LogP) is 18.6. The minimum Gasteiger partial charge on any atom is -0.254 e. The van der Waals surface area contributed by atoms with Gasteiger partial charge in [0.05, 0.1) is 26.3 Å². The van der Waals surface area contributed by atoms with Crippen LogP contribution in [0.4, 0.5) is 0 Å². The Morgan fingerprint density at radius 2 is 0.696 bits per heavy atom. The van der Waals surface area contributed by atoms with Crippen molar-refractivity contribution in [1.29, 1.82) is 0 Å². The lowest BCUT2D eigenvalue weighted by atomic mass is 9.84. The number of thiophene rings is 1. The molecule has 0 aliphatic carbocycles. The van der Waals surface area contributed by atoms with E-state index in [-0.39, 0.29) is 51.7 Å². The van der Waals surface area contributed by atoms with Gasteiger partial charge < -0.3 is 0 Å². The largest absolute Gasteiger partial charge is 0.254 e. The first-order valence-electron chi connectivity index (χ1n) is 26.5. The summed E-state index contributed by atoms with van der Waals surface area (Å²) in [5.74, 6) is 0. The molecule has 14 rings (SSSR count). The van der Waals surface area contributed by atoms with Gasteiger partial charge in [-0.2, -0.15) is 0 Å². The fraction of sp³-hybridized carbons (Fsp3) is 0. The van der Waals surface area contributed by atoms with Gasteiger partial charge in [-0.15, -0.1) is 11.3 Å². The van der Waals surface area contributed by atoms with Crippen LogP contribution in [0.1, 0.15) is 9.60 Å². The van der Waals surface area contributed by atoms with Crippen molar-refractivity contribution in [1.82, 2.24) is 9.97 Å². The molecule has 0 radical (unpaired) electrons. The number of hydrogen-bond donors (Lipinski definition) is 0. The normalized spacial score (nSPS) is 13.2. The van der Waals surface area contributed by atoms with Crippen LogP contribution in [0.5, 0.6) is 0 Å². The van der Waals surface area contributed by atoms with Gasteiger partial charge in [-0.25, -0.2) is 4.98 Å². The van der Waals surface area contributed by atoms with Crippen molar-refractivity contribution < 1.29 is 9.60 Å². The standard InChI is InChI=1S/C66H40N2S/c1-4-22-46-41(15-1)18-11-29-56(46)61-62(66(59-31-13-20-43-17-3-6-24-48(43)59)69-65(61)58-30-12-19-42-16-2-5-23-47(42)58)57-38-36-54(50-26-8-10-28-52(50)57)53-35-37-55(51-27-9-7-25-49(51)53)60-39-34-45-33-32-44-21-14-40-67-63(44)64(45)68-60/h1-40H/i14D,21D,32D,33D,34D,39D,40D. The molecule has 0 atom stereocenters. The van der Waals surface area contributed by atoms with Crippen molar-refractivity contribution >= 4 is 87.0 Å². The monoisotopic (exact) mass is 899 g/mol. The van der Waals surface area contributed by atoms with Crippen LogP contribution in [0.3, 0.4) is 0 Å². The molecule has 14 aromatic rings. The average Bonchev–Trinajstić information content (AvgIpc) is 4.01. The highest BCUT2D eigenvalue weighted by Crippen LogP contribution is 2.56. The number of pyridine rings is 2. The summed E-state index contributed by atoms with van der Waals surface area (Å²) < 4.78 is 61.5. The lowest BCUT2D eigenvalue weighted by Crippen LogP contribution is -1.93. The lowest BCUT2D eigenvalue weighted by Gasteiger charge is -2.18. The second-order valence-corrected chi connectivity index (χ2v) is 18.4. The van der Waals surface area contributed by atoms with Crippen LogP contribution in [-0.2, 0) is 0 Å². The highest BCUT2D eigenvalue weighted by Gasteiger charge is 2.28. The molecular weight excluding hydrogens is 853 g/mol. The van der Waals surface area contributed by atoms with Gasteiger partial charge in [0.15, 0.2) is 0 Å². The molecule has 0 N–H and O–H groups in total. The van der Waals surface area contributed by atoms with Crippen LogP contribution in [0.2, 0.25) is 0 Å². The van der Waals surface area contributed by atoms with E-state index in [1.165, 1.54) is 53.2 Å². The van der Waals surface area contributed by atoms with E-state index in [1.807, 2.05) is 35.6 Å². The van der Waals surface area contributed by atoms with Crippen LogP contribution in [0, 0.1) is 0 Å². The highest BCUT2D eigenvalue weighted by molar-refractivity contribution is 7.20. The van der Waals surface area contributed by atoms with Crippen LogP contribution < -0.4 is 0 Å². The zero-order valence-corrected chi connectivity index (χ0v) is 37.7. The summed E-state index contributed by atoms with van der Waals surface area (Å²) in [5, 5.41) is 10.8. The summed E-state index contributed by atoms with van der Waals surface area (Å²) in [6.07, 6.45) is -0.465. The molecule has 11 aromatic carbocycles. The number of nitrogens with zero attached hydrogens (tertiary/aromatic N) is 2. The Morgan fingerprint density at radius 1 is 0.304 bits per heavy atom. The molecule has 320 valence electrons. The van der Waals surface area contributed by atoms with E-state index in [0.717, 1.165) is 54.9 Å². The van der Waals surface area contributed by atoms with Gasteiger partial charge >= 0.3 is 0 Å². The molecule has 3 heteroatoms. The third-order valence-corrected chi connectivity index (χ3v) is 14.9. The lowest BCUT2D eigenvalue weighted by molar-refractivity contribution is 1.37. The minimum absolute atomic E-state index is 0.00804. The zero-order valence-electron chi connectivity index (χ0n) is 43.9. The van der Waals surface area contributed by atoms with E-state index in [9.17, 15) is 2.74 Å². The van der Waals surface area contributed by atoms with Crippen molar-refractivity contribution in [2.45, 2.75) is 0 Å². The molecular formula is C66H40N2S. The van der Waals surface area contributed by atoms with Crippen molar-refractivity contribution in [2.75, 3.05) is 0 Å². The van der Waals surface area contributed by atoms with Crippen molar-refractivity contribution in [3.63, 3.8) is 0 Å². The third-order valence-electron chi connectivity index (χ3n) is 13.6. The Labute approximate surface area is 412 Å². The molecule has 0 fully saturated rings. The Morgan fingerprint density at radius 3 is 1.26 bits per heavy atom. The first-order chi connectivity index (χ1) is 37.2. The van der Waals surface area contributed by atoms with Gasteiger partial charge in [-0.3, -0.25) is 4.98 Å². The average molecular weight is 900 g/mol. The molecule has 0 amide bonds. The topological polar surface area (TPSA) is 25.8 Å². The summed E-state index contributed by atoms with van der Waals surface area (Å²) in [4.78, 5) is 11.6. The Kier molecular flexibility index (Phi) is 7.59. The van der Waals surface area contributed by atoms with Gasteiger partial charge in [0.1, 0.15) is 0 Å². The van der Waals surface area contributed by atoms with Gasteiger partial charge in [0.2, 0.25) is 0 Å². The number of fused-ring (bicyclic) bond motifs is 8. The van der Waals surface area contributed by atoms with Crippen molar-refractivity contribution in [2.24, 2.45) is 0 Å². The number of benzene rings is 11. The molecule has 0 bridgehead atoms. The van der Waals surface area contributed by atoms with Crippen molar-refractivity contribution in [3.8, 4) is 65.5 Å². The smallest absolute Gasteiger partial charge is 0.0972 e. The molecule has 3 heterocycles. The summed E-state index contributed by atoms with van der Waals surface area (Å²) in [7, 11) is 0. The zero-order chi connectivity index (χ0) is 51.5. The Bertz CT molecular complexity index is 4800. The van der Waals surface area contributed by atoms with Crippen LogP contribution in [-0.4, -0.2) is 9.97 Å². The molecule has 0 unspecified atom stereocenters. The van der Waals surface area contributed by atoms with Gasteiger partial charge in [0, 0.05) is 54.5 Å². The van der Waals surface area contributed by atoms with E-state index >= 15 is 0 Å². The molecule has 0 spiro atoms. The van der Waals surface area contributed by atoms with Crippen LogP contribution in [0.25, 0.3) is 141 Å². The fourth-order valence-electron chi connectivity index (χ4n) is 10.5. The van der Waals surface area contributed by atoms with Crippen molar-refractivity contribution in [3.05, 3.63) is 243 Å². The number of rotatable bonds is 6. The second kappa shape index (κ2) is 16.0. The summed E-state index contributed by atoms with van der Waals surface area (Å²) >= 11 is 1.85. The summed E-state index contributed by atoms with van der Waals surface area (Å²) in [6, 6.07) is 68.9. The SMILES string of the molecule is [2H]c1nc2c(c([2H])c1[2H])c([2H])c([2H])c1c([2H])c([2H])c(-c3ccc(-c4ccc(-c5c(-c6cccc7ccccc67)sc(-c6cccc7ccccc67)c5-c5cccc6ccccc56)c5ccccc45)c4ccccc34)nc12. The molecule has 0 saturated heterocycles. The maximum Gasteiger partial charge on any atom is 0.0972 e. The van der Waals surface area contributed by atoms with Gasteiger partial charge in [-0.05, 0) is 88.2 Å². The van der Waals surface area contributed by atoms with E-state index < -0.39 is 18.3 Å². The molecule has 2 nitrogen and oxygen atoms in total. The Hall–Kier alpha value is -8.76. The van der Waals surface area contributed by atoms with E-state index in [4.69, 9.17) is 11.8 Å². The minimum atomic E-state index is -0.465. The highest BCUT2D eigenvalue weighted by atomic mass is 32.1. The summed E-state index contributed by atoms with van der Waals surface area (Å²) in [6.45, 7) is 0. The van der Waals surface area contributed by atoms with E-state index in [1.54, 1.807) is 0 Å². The molecule has 0 saturated carbocycles. The first-order valence-corrected chi connectivity index (χ1v) is 23.8. The van der Waals surface area contributed by atoms with Gasteiger partial charge in [0.25, 0.3) is 0 Å². The fourth-order valence-corrected chi connectivity index (χ4v) is 12.0.